The van der Waals surface area contributed by atoms with Gasteiger partial charge in [0.15, 0.2) is 5.88 Å². The molecule has 3 heterocycles. The molecule has 0 amide bonds. The molecule has 7 nitrogen and oxygen atoms in total. The monoisotopic (exact) mass is 457 g/mol. The van der Waals surface area contributed by atoms with Gasteiger partial charge in [-0.1, -0.05) is 23.4 Å². The van der Waals surface area contributed by atoms with Gasteiger partial charge in [-0.15, -0.1) is 12.4 Å². The summed E-state index contributed by atoms with van der Waals surface area (Å²) in [5.74, 6) is -0.463. The summed E-state index contributed by atoms with van der Waals surface area (Å²) in [6.45, 7) is 3.18. The summed E-state index contributed by atoms with van der Waals surface area (Å²) in [7, 11) is 0. The Bertz CT molecular complexity index is 1170. The number of para-hydroxylation sites is 1. The van der Waals surface area contributed by atoms with Crippen LogP contribution in [0.15, 0.2) is 52.6 Å². The van der Waals surface area contributed by atoms with Crippen LogP contribution in [0.3, 0.4) is 0 Å². The molecule has 5 rings (SSSR count). The van der Waals surface area contributed by atoms with Crippen molar-refractivity contribution >= 4 is 40.4 Å². The average Bonchev–Trinajstić information content (AvgIpc) is 3.30. The van der Waals surface area contributed by atoms with Gasteiger partial charge in [0.1, 0.15) is 23.8 Å². The topological polar surface area (TPSA) is 94.0 Å². The third-order valence-electron chi connectivity index (χ3n) is 5.71. The maximum Gasteiger partial charge on any atom is 0.199 e. The number of H-pyrrole nitrogens is 1. The van der Waals surface area contributed by atoms with Crippen molar-refractivity contribution in [2.75, 3.05) is 26.2 Å². The molecule has 0 bridgehead atoms. The molecule has 1 saturated heterocycles. The Labute approximate surface area is 191 Å². The van der Waals surface area contributed by atoms with Crippen molar-refractivity contribution in [2.24, 2.45) is 10.1 Å². The Kier molecular flexibility index (Phi) is 6.74. The molecule has 32 heavy (non-hydrogen) atoms. The fourth-order valence-corrected chi connectivity index (χ4v) is 4.17. The smallest absolute Gasteiger partial charge is 0.199 e. The number of aliphatic imine (C=N–C) groups is 1. The number of nitrogens with one attached hydrogen (secondary N) is 3. The lowest BCUT2D eigenvalue weighted by atomic mass is 10.0. The molecule has 3 aromatic rings. The van der Waals surface area contributed by atoms with E-state index in [2.05, 4.69) is 25.8 Å². The number of benzene rings is 2. The zero-order chi connectivity index (χ0) is 21.2. The number of aromatic amines is 1. The van der Waals surface area contributed by atoms with Crippen LogP contribution >= 0.6 is 12.4 Å². The van der Waals surface area contributed by atoms with Crippen LogP contribution in [0.5, 0.6) is 5.88 Å². The van der Waals surface area contributed by atoms with Crippen molar-refractivity contribution in [3.8, 4) is 5.88 Å². The van der Waals surface area contributed by atoms with Crippen LogP contribution in [-0.2, 0) is 4.84 Å². The van der Waals surface area contributed by atoms with Gasteiger partial charge >= 0.3 is 0 Å². The van der Waals surface area contributed by atoms with Crippen molar-refractivity contribution < 1.29 is 14.3 Å². The number of aromatic nitrogens is 1. The van der Waals surface area contributed by atoms with Crippen LogP contribution in [0.4, 0.5) is 10.1 Å². The average molecular weight is 458 g/mol. The van der Waals surface area contributed by atoms with Crippen LogP contribution in [0, 0.1) is 5.82 Å². The predicted octanol–water partition coefficient (Wildman–Crippen LogP) is 3.63. The maximum atomic E-state index is 13.9. The van der Waals surface area contributed by atoms with Crippen molar-refractivity contribution in [1.82, 2.24) is 15.6 Å². The Hall–Kier alpha value is -2.94. The number of rotatable bonds is 6. The molecule has 9 heteroatoms. The number of hydrogen-bond acceptors (Lipinski definition) is 6. The second-order valence-corrected chi connectivity index (χ2v) is 7.77. The van der Waals surface area contributed by atoms with E-state index in [0.29, 0.717) is 47.1 Å². The molecule has 0 unspecified atom stereocenters. The number of hydrogen-bond donors (Lipinski definition) is 4. The first-order valence-electron chi connectivity index (χ1n) is 10.5. The normalized spacial score (nSPS) is 17.3. The summed E-state index contributed by atoms with van der Waals surface area (Å²) in [6.07, 6.45) is 2.21. The van der Waals surface area contributed by atoms with Gasteiger partial charge in [-0.25, -0.2) is 9.38 Å². The van der Waals surface area contributed by atoms with E-state index in [4.69, 9.17) is 4.84 Å². The second-order valence-electron chi connectivity index (χ2n) is 7.77. The van der Waals surface area contributed by atoms with Gasteiger partial charge in [0.05, 0.1) is 11.3 Å². The summed E-state index contributed by atoms with van der Waals surface area (Å²) in [5, 5.41) is 22.3. The summed E-state index contributed by atoms with van der Waals surface area (Å²) in [6, 6.07) is 12.4. The number of halogens is 2. The lowest BCUT2D eigenvalue weighted by Crippen LogP contribution is -2.41. The highest BCUT2D eigenvalue weighted by molar-refractivity contribution is 6.58. The van der Waals surface area contributed by atoms with Gasteiger partial charge in [-0.3, -0.25) is 0 Å². The molecule has 2 aliphatic heterocycles. The quantitative estimate of drug-likeness (QED) is 0.336. The van der Waals surface area contributed by atoms with Crippen molar-refractivity contribution in [2.45, 2.75) is 18.9 Å². The van der Waals surface area contributed by atoms with E-state index < -0.39 is 0 Å². The van der Waals surface area contributed by atoms with Crippen molar-refractivity contribution in [1.29, 1.82) is 0 Å². The molecule has 2 aromatic carbocycles. The van der Waals surface area contributed by atoms with Crippen LogP contribution in [0.1, 0.15) is 24.0 Å². The van der Waals surface area contributed by atoms with E-state index in [0.717, 1.165) is 37.2 Å². The highest BCUT2D eigenvalue weighted by Gasteiger charge is 2.29. The highest BCUT2D eigenvalue weighted by Crippen LogP contribution is 2.35. The van der Waals surface area contributed by atoms with E-state index in [9.17, 15) is 9.50 Å². The molecule has 1 fully saturated rings. The molecule has 0 radical (unpaired) electrons. The van der Waals surface area contributed by atoms with Gasteiger partial charge in [0.2, 0.25) is 0 Å². The van der Waals surface area contributed by atoms with Crippen LogP contribution in [-0.4, -0.2) is 53.8 Å². The van der Waals surface area contributed by atoms with E-state index in [-0.39, 0.29) is 24.1 Å². The standard InChI is InChI=1S/C23H24FN5O2.ClH/c24-14-5-6-19-17(13-14)20(23(30)28-19)22-21(16-3-1-2-4-18(16)27-22)29-31-12-11-26-15-7-9-25-10-8-15;/h1-6,13,15,25-26,28,30H,7-12H2;1H/b29-21+;. The molecular formula is C23H25ClFN5O2. The minimum absolute atomic E-state index is 0. The van der Waals surface area contributed by atoms with Crippen molar-refractivity contribution in [3.63, 3.8) is 0 Å². The summed E-state index contributed by atoms with van der Waals surface area (Å²) < 4.78 is 13.9. The number of nitrogens with zero attached hydrogens (tertiary/aromatic N) is 2. The molecule has 168 valence electrons. The molecule has 2 aliphatic rings. The SMILES string of the molecule is Cl.Oc1[nH]c2ccc(F)cc2c1C1=Nc2ccccc2/C1=N\OCCNC1CCNCC1. The lowest BCUT2D eigenvalue weighted by molar-refractivity contribution is 0.143. The number of fused-ring (bicyclic) bond motifs is 2. The van der Waals surface area contributed by atoms with Gasteiger partial charge in [0.25, 0.3) is 0 Å². The summed E-state index contributed by atoms with van der Waals surface area (Å²) in [4.78, 5) is 13.2. The first-order valence-corrected chi connectivity index (χ1v) is 10.5. The minimum Gasteiger partial charge on any atom is -0.494 e. The van der Waals surface area contributed by atoms with Crippen LogP contribution < -0.4 is 10.6 Å². The Balaban J connectivity index is 0.00000245. The van der Waals surface area contributed by atoms with Crippen LogP contribution in [0.25, 0.3) is 10.9 Å². The summed E-state index contributed by atoms with van der Waals surface area (Å²) in [5.41, 5.74) is 3.58. The van der Waals surface area contributed by atoms with Crippen molar-refractivity contribution in [3.05, 3.63) is 59.4 Å². The van der Waals surface area contributed by atoms with Gasteiger partial charge in [-0.2, -0.15) is 0 Å². The molecule has 0 spiro atoms. The first kappa shape index (κ1) is 22.3. The fraction of sp³-hybridized carbons (Fsp3) is 0.304. The van der Waals surface area contributed by atoms with Gasteiger partial charge in [0, 0.05) is 29.1 Å². The Morgan fingerprint density at radius 3 is 2.84 bits per heavy atom. The Morgan fingerprint density at radius 1 is 1.19 bits per heavy atom. The number of piperidine rings is 1. The van der Waals surface area contributed by atoms with E-state index >= 15 is 0 Å². The first-order chi connectivity index (χ1) is 15.2. The largest absolute Gasteiger partial charge is 0.494 e. The van der Waals surface area contributed by atoms with E-state index in [1.54, 1.807) is 6.07 Å². The molecule has 1 aromatic heterocycles. The van der Waals surface area contributed by atoms with Crippen LogP contribution in [0.2, 0.25) is 0 Å². The third kappa shape index (κ3) is 4.34. The zero-order valence-electron chi connectivity index (χ0n) is 17.4. The van der Waals surface area contributed by atoms with Gasteiger partial charge in [-0.05, 0) is 50.2 Å². The molecule has 0 atom stereocenters. The predicted molar refractivity (Wildman–Crippen MR) is 126 cm³/mol. The number of aromatic hydroxyl groups is 1. The lowest BCUT2D eigenvalue weighted by Gasteiger charge is -2.23. The van der Waals surface area contributed by atoms with E-state index in [1.807, 2.05) is 24.3 Å². The molecular weight excluding hydrogens is 433 g/mol. The van der Waals surface area contributed by atoms with E-state index in [1.165, 1.54) is 12.1 Å². The fourth-order valence-electron chi connectivity index (χ4n) is 4.17. The molecule has 0 saturated carbocycles. The maximum absolute atomic E-state index is 13.9. The molecule has 0 aliphatic carbocycles. The second kappa shape index (κ2) is 9.68. The number of oxime groups is 1. The summed E-state index contributed by atoms with van der Waals surface area (Å²) >= 11 is 0. The molecule has 4 N–H and O–H groups in total. The zero-order valence-corrected chi connectivity index (χ0v) is 18.2. The highest BCUT2D eigenvalue weighted by atomic mass is 35.5. The Morgan fingerprint density at radius 2 is 2.00 bits per heavy atom. The minimum atomic E-state index is -0.386. The van der Waals surface area contributed by atoms with Gasteiger partial charge < -0.3 is 25.6 Å². The third-order valence-corrected chi connectivity index (χ3v) is 5.71.